The van der Waals surface area contributed by atoms with Gasteiger partial charge in [0.2, 0.25) is 0 Å². The molecule has 2 amide bonds. The van der Waals surface area contributed by atoms with Gasteiger partial charge in [0, 0.05) is 31.9 Å². The molecule has 2 rings (SSSR count). The fraction of sp³-hybridized carbons (Fsp3) is 0.588. The lowest BCUT2D eigenvalue weighted by atomic mass is 10.2. The summed E-state index contributed by atoms with van der Waals surface area (Å²) >= 11 is 0. The predicted molar refractivity (Wildman–Crippen MR) is 92.6 cm³/mol. The van der Waals surface area contributed by atoms with Crippen LogP contribution in [-0.4, -0.2) is 50.2 Å². The predicted octanol–water partition coefficient (Wildman–Crippen LogP) is 3.03. The normalized spacial score (nSPS) is 14.3. The number of nitrogens with one attached hydrogen (secondary N) is 2. The molecule has 134 valence electrons. The Balaban J connectivity index is 1.91. The number of hydrogen-bond acceptors (Lipinski definition) is 3. The van der Waals surface area contributed by atoms with Crippen LogP contribution in [0.15, 0.2) is 12.1 Å². The van der Waals surface area contributed by atoms with E-state index in [1.54, 1.807) is 4.90 Å². The monoisotopic (exact) mass is 340 g/mol. The number of halogens is 2. The summed E-state index contributed by atoms with van der Waals surface area (Å²) in [5, 5.41) is 5.18. The van der Waals surface area contributed by atoms with E-state index in [2.05, 4.69) is 29.4 Å². The molecule has 0 radical (unpaired) electrons. The summed E-state index contributed by atoms with van der Waals surface area (Å²) in [6.07, 6.45) is 1.88. The fourth-order valence-electron chi connectivity index (χ4n) is 2.92. The first-order valence-electron chi connectivity index (χ1n) is 8.56. The number of rotatable bonds is 7. The van der Waals surface area contributed by atoms with E-state index in [-0.39, 0.29) is 11.4 Å². The molecule has 5 nitrogen and oxygen atoms in total. The highest BCUT2D eigenvalue weighted by Crippen LogP contribution is 2.29. The van der Waals surface area contributed by atoms with Crippen molar-refractivity contribution >= 4 is 17.4 Å². The minimum atomic E-state index is -0.643. The Morgan fingerprint density at radius 3 is 2.29 bits per heavy atom. The second-order valence-corrected chi connectivity index (χ2v) is 5.89. The van der Waals surface area contributed by atoms with Gasteiger partial charge in [-0.3, -0.25) is 0 Å². The van der Waals surface area contributed by atoms with Crippen molar-refractivity contribution in [3.05, 3.63) is 23.8 Å². The van der Waals surface area contributed by atoms with Crippen LogP contribution in [0.4, 0.5) is 25.0 Å². The minimum Gasteiger partial charge on any atom is -0.367 e. The summed E-state index contributed by atoms with van der Waals surface area (Å²) < 4.78 is 28.4. The Labute approximate surface area is 142 Å². The lowest BCUT2D eigenvalue weighted by molar-refractivity contribution is 0.248. The molecule has 1 aliphatic rings. The van der Waals surface area contributed by atoms with Gasteiger partial charge in [-0.15, -0.1) is 0 Å². The van der Waals surface area contributed by atoms with Gasteiger partial charge in [0.05, 0.1) is 0 Å². The van der Waals surface area contributed by atoms with Crippen LogP contribution in [0.2, 0.25) is 0 Å². The first kappa shape index (κ1) is 18.4. The van der Waals surface area contributed by atoms with Crippen molar-refractivity contribution < 1.29 is 13.6 Å². The van der Waals surface area contributed by atoms with Crippen molar-refractivity contribution in [1.82, 2.24) is 10.2 Å². The second-order valence-electron chi connectivity index (χ2n) is 5.89. The van der Waals surface area contributed by atoms with E-state index in [0.717, 1.165) is 32.5 Å². The van der Waals surface area contributed by atoms with Crippen LogP contribution >= 0.6 is 0 Å². The van der Waals surface area contributed by atoms with E-state index >= 15 is 0 Å². The van der Waals surface area contributed by atoms with Crippen molar-refractivity contribution in [1.29, 1.82) is 0 Å². The first-order valence-corrected chi connectivity index (χ1v) is 8.56. The van der Waals surface area contributed by atoms with Crippen molar-refractivity contribution in [3.63, 3.8) is 0 Å². The van der Waals surface area contributed by atoms with Gasteiger partial charge in [-0.2, -0.15) is 0 Å². The van der Waals surface area contributed by atoms with E-state index in [4.69, 9.17) is 0 Å². The molecule has 0 saturated carbocycles. The van der Waals surface area contributed by atoms with Crippen LogP contribution in [0.5, 0.6) is 0 Å². The van der Waals surface area contributed by atoms with Crippen LogP contribution in [-0.2, 0) is 0 Å². The molecule has 7 heteroatoms. The average Bonchev–Trinajstić information content (AvgIpc) is 3.05. The van der Waals surface area contributed by atoms with E-state index < -0.39 is 17.7 Å². The van der Waals surface area contributed by atoms with Crippen LogP contribution in [0.3, 0.4) is 0 Å². The number of carbonyl (C=O) groups is 1. The maximum atomic E-state index is 14.2. The number of benzene rings is 1. The molecule has 1 aromatic carbocycles. The summed E-state index contributed by atoms with van der Waals surface area (Å²) in [6, 6.07) is 1.87. The zero-order chi connectivity index (χ0) is 17.5. The Kier molecular flexibility index (Phi) is 6.78. The molecule has 1 saturated heterocycles. The van der Waals surface area contributed by atoms with Gasteiger partial charge < -0.3 is 20.4 Å². The van der Waals surface area contributed by atoms with Gasteiger partial charge in [-0.25, -0.2) is 13.6 Å². The van der Waals surface area contributed by atoms with Crippen molar-refractivity contribution in [2.75, 3.05) is 49.5 Å². The number of likely N-dealkylation sites (N-methyl/N-ethyl adjacent to an activating group) is 1. The number of carbonyl (C=O) groups excluding carboxylic acids is 1. The molecule has 1 aromatic rings. The smallest absolute Gasteiger partial charge is 0.319 e. The summed E-state index contributed by atoms with van der Waals surface area (Å²) in [5.74, 6) is -1.29. The molecule has 2 N–H and O–H groups in total. The van der Waals surface area contributed by atoms with Crippen molar-refractivity contribution in [2.45, 2.75) is 26.7 Å². The third-order valence-corrected chi connectivity index (χ3v) is 4.31. The Morgan fingerprint density at radius 1 is 1.17 bits per heavy atom. The summed E-state index contributed by atoms with van der Waals surface area (Å²) in [7, 11) is 0. The molecule has 1 fully saturated rings. The van der Waals surface area contributed by atoms with Gasteiger partial charge >= 0.3 is 6.03 Å². The van der Waals surface area contributed by atoms with Gasteiger partial charge in [0.25, 0.3) is 0 Å². The molecule has 0 unspecified atom stereocenters. The first-order chi connectivity index (χ1) is 11.5. The molecule has 0 atom stereocenters. The number of amides is 2. The molecule has 0 aliphatic carbocycles. The van der Waals surface area contributed by atoms with Crippen LogP contribution in [0.1, 0.15) is 26.7 Å². The van der Waals surface area contributed by atoms with Gasteiger partial charge in [0.15, 0.2) is 11.6 Å². The Hall–Kier alpha value is -1.89. The summed E-state index contributed by atoms with van der Waals surface area (Å²) in [5.41, 5.74) is 0.119. The number of urea groups is 1. The molecular weight excluding hydrogens is 314 g/mol. The van der Waals surface area contributed by atoms with Gasteiger partial charge in [-0.05, 0) is 38.1 Å². The summed E-state index contributed by atoms with van der Waals surface area (Å²) in [6.45, 7) is 8.46. The molecule has 0 aromatic heterocycles. The van der Waals surface area contributed by atoms with Crippen molar-refractivity contribution in [2.24, 2.45) is 0 Å². The standard InChI is InChI=1S/C17H26F2N4O/c1-3-22(4-2)10-7-20-17(24)21-13-11-14(18)16(15(19)12-13)23-8-5-6-9-23/h11-12H,3-10H2,1-2H3,(H2,20,21,24). The highest BCUT2D eigenvalue weighted by molar-refractivity contribution is 5.89. The SMILES string of the molecule is CCN(CC)CCNC(=O)Nc1cc(F)c(N2CCCC2)c(F)c1. The molecular formula is C17H26F2N4O. The lowest BCUT2D eigenvalue weighted by Crippen LogP contribution is -2.36. The molecule has 0 spiro atoms. The van der Waals surface area contributed by atoms with Crippen LogP contribution in [0.25, 0.3) is 0 Å². The third kappa shape index (κ3) is 4.80. The van der Waals surface area contributed by atoms with E-state index in [1.165, 1.54) is 12.1 Å². The number of anilines is 2. The second kappa shape index (κ2) is 8.82. The molecule has 0 bridgehead atoms. The van der Waals surface area contributed by atoms with Crippen LogP contribution < -0.4 is 15.5 Å². The van der Waals surface area contributed by atoms with E-state index in [1.807, 2.05) is 0 Å². The zero-order valence-electron chi connectivity index (χ0n) is 14.4. The van der Waals surface area contributed by atoms with Crippen molar-refractivity contribution in [3.8, 4) is 0 Å². The van der Waals surface area contributed by atoms with Gasteiger partial charge in [-0.1, -0.05) is 13.8 Å². The molecule has 1 heterocycles. The molecule has 1 aliphatic heterocycles. The maximum Gasteiger partial charge on any atom is 0.319 e. The van der Waals surface area contributed by atoms with Crippen LogP contribution in [0, 0.1) is 11.6 Å². The highest BCUT2D eigenvalue weighted by Gasteiger charge is 2.21. The van der Waals surface area contributed by atoms with Gasteiger partial charge in [0.1, 0.15) is 5.69 Å². The maximum absolute atomic E-state index is 14.2. The quantitative estimate of drug-likeness (QED) is 0.802. The Bertz CT molecular complexity index is 535. The van der Waals surface area contributed by atoms with E-state index in [9.17, 15) is 13.6 Å². The third-order valence-electron chi connectivity index (χ3n) is 4.31. The topological polar surface area (TPSA) is 47.6 Å². The minimum absolute atomic E-state index is 0.00000781. The summed E-state index contributed by atoms with van der Waals surface area (Å²) in [4.78, 5) is 15.7. The largest absolute Gasteiger partial charge is 0.367 e. The highest BCUT2D eigenvalue weighted by atomic mass is 19.1. The number of nitrogens with zero attached hydrogens (tertiary/aromatic N) is 2. The molecule has 24 heavy (non-hydrogen) atoms. The van der Waals surface area contributed by atoms with E-state index in [0.29, 0.717) is 19.6 Å². The average molecular weight is 340 g/mol. The lowest BCUT2D eigenvalue weighted by Gasteiger charge is -2.20. The zero-order valence-corrected chi connectivity index (χ0v) is 14.4. The fourth-order valence-corrected chi connectivity index (χ4v) is 2.92. The number of hydrogen-bond donors (Lipinski definition) is 2. The Morgan fingerprint density at radius 2 is 1.75 bits per heavy atom.